The Morgan fingerprint density at radius 3 is 1.53 bits per heavy atom. The van der Waals surface area contributed by atoms with Gasteiger partial charge in [-0.2, -0.15) is 0 Å². The van der Waals surface area contributed by atoms with Gasteiger partial charge in [0.25, 0.3) is 6.03 Å². The first-order valence-electron chi connectivity index (χ1n) is 6.13. The van der Waals surface area contributed by atoms with Crippen molar-refractivity contribution in [3.63, 3.8) is 0 Å². The third-order valence-corrected chi connectivity index (χ3v) is 3.96. The van der Waals surface area contributed by atoms with Crippen LogP contribution in [0.3, 0.4) is 0 Å². The van der Waals surface area contributed by atoms with Crippen molar-refractivity contribution in [2.75, 3.05) is 48.5 Å². The topological polar surface area (TPSA) is 28.2 Å². The Kier molecular flexibility index (Phi) is 4.92. The summed E-state index contributed by atoms with van der Waals surface area (Å²) < 4.78 is 11.3. The first-order valence-corrected chi connectivity index (χ1v) is 6.13. The molecule has 1 fully saturated rings. The highest BCUT2D eigenvalue weighted by molar-refractivity contribution is 4.83. The molecule has 5 heteroatoms. The molecule has 1 aliphatic rings. The number of hydrogen-bond donors (Lipinski definition) is 0. The van der Waals surface area contributed by atoms with E-state index in [0.717, 1.165) is 13.1 Å². The fourth-order valence-electron chi connectivity index (χ4n) is 2.71. The van der Waals surface area contributed by atoms with Gasteiger partial charge in [-0.25, -0.2) is 9.80 Å². The van der Waals surface area contributed by atoms with E-state index in [9.17, 15) is 0 Å². The van der Waals surface area contributed by atoms with Crippen LogP contribution in [0, 0.1) is 0 Å². The van der Waals surface area contributed by atoms with E-state index in [0.29, 0.717) is 12.1 Å². The molecule has 0 aromatic carbocycles. The molecule has 0 radical (unpaired) electrons. The van der Waals surface area contributed by atoms with E-state index in [1.807, 2.05) is 14.1 Å². The molecular weight excluding hydrogens is 218 g/mol. The highest BCUT2D eigenvalue weighted by Crippen LogP contribution is 2.24. The standard InChI is InChI=1S/C12H27N3O2/c1-10-8-13(3)12(16-6,17-7)14(4)9-11(2)15(10)5/h10-11H,8-9H2,1-7H3. The van der Waals surface area contributed by atoms with Gasteiger partial charge in [-0.15, -0.1) is 0 Å². The summed E-state index contributed by atoms with van der Waals surface area (Å²) in [4.78, 5) is 6.61. The van der Waals surface area contributed by atoms with Gasteiger partial charge in [0.05, 0.1) is 0 Å². The largest absolute Gasteiger partial charge is 0.328 e. The summed E-state index contributed by atoms with van der Waals surface area (Å²) in [6.45, 7) is 6.25. The summed E-state index contributed by atoms with van der Waals surface area (Å²) in [5, 5.41) is 0. The Hall–Kier alpha value is -0.200. The molecule has 102 valence electrons. The maximum Gasteiger partial charge on any atom is 0.296 e. The number of hydrogen-bond acceptors (Lipinski definition) is 5. The lowest BCUT2D eigenvalue weighted by molar-refractivity contribution is -0.369. The average molecular weight is 245 g/mol. The van der Waals surface area contributed by atoms with Crippen LogP contribution >= 0.6 is 0 Å². The minimum atomic E-state index is -0.760. The lowest BCUT2D eigenvalue weighted by Gasteiger charge is -2.50. The van der Waals surface area contributed by atoms with Gasteiger partial charge in [0, 0.05) is 39.4 Å². The van der Waals surface area contributed by atoms with Crippen molar-refractivity contribution < 1.29 is 9.47 Å². The highest BCUT2D eigenvalue weighted by Gasteiger charge is 2.43. The summed E-state index contributed by atoms with van der Waals surface area (Å²) in [5.41, 5.74) is 0. The first-order chi connectivity index (χ1) is 7.89. The van der Waals surface area contributed by atoms with E-state index in [2.05, 4.69) is 35.6 Å². The maximum atomic E-state index is 5.63. The molecule has 0 aromatic heterocycles. The summed E-state index contributed by atoms with van der Waals surface area (Å²) in [6.07, 6.45) is 0. The van der Waals surface area contributed by atoms with Crippen LogP contribution in [0.1, 0.15) is 13.8 Å². The number of rotatable bonds is 2. The lowest BCUT2D eigenvalue weighted by atomic mass is 10.1. The minimum Gasteiger partial charge on any atom is -0.328 e. The summed E-state index contributed by atoms with van der Waals surface area (Å²) >= 11 is 0. The summed E-state index contributed by atoms with van der Waals surface area (Å²) in [6, 6.07) is 0.172. The van der Waals surface area contributed by atoms with Crippen LogP contribution in [-0.2, 0) is 9.47 Å². The smallest absolute Gasteiger partial charge is 0.296 e. The van der Waals surface area contributed by atoms with Gasteiger partial charge in [0.1, 0.15) is 0 Å². The van der Waals surface area contributed by atoms with Gasteiger partial charge < -0.3 is 9.47 Å². The Morgan fingerprint density at radius 2 is 1.24 bits per heavy atom. The SMILES string of the molecule is COC1(OC)N(C)CC(C)N(C)C(C)CN1C. The number of likely N-dealkylation sites (N-methyl/N-ethyl adjacent to an activating group) is 3. The van der Waals surface area contributed by atoms with Crippen molar-refractivity contribution in [1.82, 2.24) is 14.7 Å². The zero-order valence-electron chi connectivity index (χ0n) is 12.2. The van der Waals surface area contributed by atoms with E-state index in [4.69, 9.17) is 9.47 Å². The molecule has 1 saturated heterocycles. The van der Waals surface area contributed by atoms with Crippen molar-refractivity contribution in [1.29, 1.82) is 0 Å². The van der Waals surface area contributed by atoms with Crippen molar-refractivity contribution >= 4 is 0 Å². The highest BCUT2D eigenvalue weighted by atomic mass is 16.7. The quantitative estimate of drug-likeness (QED) is 0.660. The van der Waals surface area contributed by atoms with E-state index in [1.165, 1.54) is 0 Å². The van der Waals surface area contributed by atoms with Gasteiger partial charge >= 0.3 is 0 Å². The number of ether oxygens (including phenoxy) is 2. The van der Waals surface area contributed by atoms with E-state index in [-0.39, 0.29) is 0 Å². The molecule has 0 spiro atoms. The van der Waals surface area contributed by atoms with Gasteiger partial charge in [-0.05, 0) is 35.0 Å². The van der Waals surface area contributed by atoms with Crippen molar-refractivity contribution in [2.45, 2.75) is 32.0 Å². The number of nitrogens with zero attached hydrogens (tertiary/aromatic N) is 3. The second kappa shape index (κ2) is 5.63. The van der Waals surface area contributed by atoms with Crippen LogP contribution in [0.5, 0.6) is 0 Å². The fourth-order valence-corrected chi connectivity index (χ4v) is 2.71. The van der Waals surface area contributed by atoms with Crippen molar-refractivity contribution in [3.8, 4) is 0 Å². The molecule has 1 heterocycles. The molecule has 0 N–H and O–H groups in total. The Balaban J connectivity index is 2.99. The minimum absolute atomic E-state index is 0.466. The van der Waals surface area contributed by atoms with Crippen LogP contribution in [0.4, 0.5) is 0 Å². The Morgan fingerprint density at radius 1 is 0.882 bits per heavy atom. The zero-order chi connectivity index (χ0) is 13.2. The van der Waals surface area contributed by atoms with Crippen LogP contribution in [0.25, 0.3) is 0 Å². The second-order valence-corrected chi connectivity index (χ2v) is 5.08. The molecular formula is C12H27N3O2. The van der Waals surface area contributed by atoms with E-state index < -0.39 is 6.03 Å². The molecule has 2 unspecified atom stereocenters. The molecule has 0 bridgehead atoms. The number of methoxy groups -OCH3 is 2. The van der Waals surface area contributed by atoms with Crippen LogP contribution < -0.4 is 0 Å². The first kappa shape index (κ1) is 14.9. The van der Waals surface area contributed by atoms with Crippen LogP contribution in [0.15, 0.2) is 0 Å². The maximum absolute atomic E-state index is 5.63. The van der Waals surface area contributed by atoms with Crippen molar-refractivity contribution in [3.05, 3.63) is 0 Å². The van der Waals surface area contributed by atoms with Gasteiger partial charge in [-0.1, -0.05) is 0 Å². The molecule has 17 heavy (non-hydrogen) atoms. The summed E-state index contributed by atoms with van der Waals surface area (Å²) in [5.74, 6) is 0. The van der Waals surface area contributed by atoms with Crippen LogP contribution in [0.2, 0.25) is 0 Å². The Labute approximate surface area is 105 Å². The predicted molar refractivity (Wildman–Crippen MR) is 68.7 cm³/mol. The molecule has 5 nitrogen and oxygen atoms in total. The fraction of sp³-hybridized carbons (Fsp3) is 1.00. The van der Waals surface area contributed by atoms with E-state index in [1.54, 1.807) is 14.2 Å². The van der Waals surface area contributed by atoms with Gasteiger partial charge in [0.2, 0.25) is 0 Å². The normalized spacial score (nSPS) is 33.4. The predicted octanol–water partition coefficient (Wildman–Crippen LogP) is 0.477. The molecule has 1 rings (SSSR count). The van der Waals surface area contributed by atoms with Crippen molar-refractivity contribution in [2.24, 2.45) is 0 Å². The lowest BCUT2D eigenvalue weighted by Crippen LogP contribution is -2.67. The monoisotopic (exact) mass is 245 g/mol. The zero-order valence-corrected chi connectivity index (χ0v) is 12.2. The van der Waals surface area contributed by atoms with Gasteiger partial charge in [-0.3, -0.25) is 4.90 Å². The van der Waals surface area contributed by atoms with Crippen LogP contribution in [-0.4, -0.2) is 81.3 Å². The second-order valence-electron chi connectivity index (χ2n) is 5.08. The van der Waals surface area contributed by atoms with E-state index >= 15 is 0 Å². The third-order valence-electron chi connectivity index (χ3n) is 3.96. The Bertz CT molecular complexity index is 226. The molecule has 0 aliphatic carbocycles. The average Bonchev–Trinajstić information content (AvgIpc) is 2.29. The summed E-state index contributed by atoms with van der Waals surface area (Å²) in [7, 11) is 9.62. The molecule has 0 amide bonds. The molecule has 2 atom stereocenters. The molecule has 0 saturated carbocycles. The third kappa shape index (κ3) is 2.63. The molecule has 1 aliphatic heterocycles. The molecule has 0 aromatic rings. The van der Waals surface area contributed by atoms with Gasteiger partial charge in [0.15, 0.2) is 0 Å².